The summed E-state index contributed by atoms with van der Waals surface area (Å²) in [6.07, 6.45) is 0.664. The summed E-state index contributed by atoms with van der Waals surface area (Å²) in [5.74, 6) is -0.972. The van der Waals surface area contributed by atoms with Crippen molar-refractivity contribution in [2.75, 3.05) is 4.90 Å². The van der Waals surface area contributed by atoms with Gasteiger partial charge in [0.25, 0.3) is 11.4 Å². The minimum atomic E-state index is -0.620. The van der Waals surface area contributed by atoms with Gasteiger partial charge in [0.1, 0.15) is 5.02 Å². The number of Topliss-reactive ketones (excluding diaryl/α,β-unsaturated/α-hetero) is 1. The zero-order chi connectivity index (χ0) is 24.1. The molecule has 4 rings (SSSR count). The standard InChI is InChI=1S/C23H20ClN3O6/c1-23(2)11-19-22(20(28)12-23)16(13-3-5-14(6-4-13)26(30)31)10-21(29)25(19)15-7-8-17(24)18(9-15)27(32)33/h3-9,16H,10-12H2,1-2H3. The molecule has 1 atom stereocenters. The van der Waals surface area contributed by atoms with Crippen LogP contribution in [0.5, 0.6) is 0 Å². The second-order valence-electron chi connectivity index (χ2n) is 9.03. The number of rotatable bonds is 4. The molecule has 9 nitrogen and oxygen atoms in total. The van der Waals surface area contributed by atoms with Crippen LogP contribution < -0.4 is 4.90 Å². The Morgan fingerprint density at radius 3 is 2.27 bits per heavy atom. The number of ketones is 1. The van der Waals surface area contributed by atoms with Crippen molar-refractivity contribution in [2.24, 2.45) is 5.41 Å². The molecule has 1 unspecified atom stereocenters. The number of anilines is 1. The lowest BCUT2D eigenvalue weighted by Gasteiger charge is -2.42. The molecule has 0 fully saturated rings. The quantitative estimate of drug-likeness (QED) is 0.441. The summed E-state index contributed by atoms with van der Waals surface area (Å²) in [6, 6.07) is 9.96. The highest BCUT2D eigenvalue weighted by Gasteiger charge is 2.44. The van der Waals surface area contributed by atoms with Crippen LogP contribution in [0.25, 0.3) is 0 Å². The van der Waals surface area contributed by atoms with Crippen LogP contribution in [0.2, 0.25) is 5.02 Å². The van der Waals surface area contributed by atoms with E-state index < -0.39 is 21.2 Å². The predicted octanol–water partition coefficient (Wildman–Crippen LogP) is 5.32. The van der Waals surface area contributed by atoms with Gasteiger partial charge in [0.05, 0.1) is 15.5 Å². The third-order valence-electron chi connectivity index (χ3n) is 6.03. The van der Waals surface area contributed by atoms with Crippen LogP contribution in [0.3, 0.4) is 0 Å². The molecule has 170 valence electrons. The molecule has 0 saturated carbocycles. The molecular formula is C23H20ClN3O6. The van der Waals surface area contributed by atoms with Gasteiger partial charge < -0.3 is 0 Å². The van der Waals surface area contributed by atoms with E-state index in [9.17, 15) is 29.8 Å². The Hall–Kier alpha value is -3.59. The van der Waals surface area contributed by atoms with Crippen LogP contribution in [-0.2, 0) is 9.59 Å². The van der Waals surface area contributed by atoms with Crippen molar-refractivity contribution in [1.82, 2.24) is 0 Å². The number of nitro benzene ring substituents is 2. The van der Waals surface area contributed by atoms with Crippen molar-refractivity contribution >= 4 is 40.4 Å². The SMILES string of the molecule is CC1(C)CC(=O)C2=C(C1)N(c1ccc(Cl)c([N+](=O)[O-])c1)C(=O)CC2c1ccc([N+](=O)[O-])cc1. The van der Waals surface area contributed by atoms with Crippen LogP contribution >= 0.6 is 11.6 Å². The fraction of sp³-hybridized carbons (Fsp3) is 0.304. The molecule has 1 aliphatic carbocycles. The average molecular weight is 470 g/mol. The Morgan fingerprint density at radius 1 is 1.00 bits per heavy atom. The number of benzene rings is 2. The first-order valence-corrected chi connectivity index (χ1v) is 10.6. The van der Waals surface area contributed by atoms with Gasteiger partial charge in [0, 0.05) is 48.2 Å². The lowest BCUT2D eigenvalue weighted by Crippen LogP contribution is -2.43. The Balaban J connectivity index is 1.88. The lowest BCUT2D eigenvalue weighted by atomic mass is 9.69. The maximum absolute atomic E-state index is 13.4. The monoisotopic (exact) mass is 469 g/mol. The molecule has 0 radical (unpaired) electrons. The number of nitro groups is 2. The van der Waals surface area contributed by atoms with E-state index in [1.54, 1.807) is 12.1 Å². The van der Waals surface area contributed by atoms with E-state index >= 15 is 0 Å². The van der Waals surface area contributed by atoms with Crippen molar-refractivity contribution < 1.29 is 19.4 Å². The summed E-state index contributed by atoms with van der Waals surface area (Å²) in [4.78, 5) is 49.3. The van der Waals surface area contributed by atoms with E-state index in [-0.39, 0.29) is 46.6 Å². The Bertz CT molecular complexity index is 1240. The summed E-state index contributed by atoms with van der Waals surface area (Å²) < 4.78 is 0. The zero-order valence-electron chi connectivity index (χ0n) is 17.9. The van der Waals surface area contributed by atoms with E-state index in [0.717, 1.165) is 0 Å². The van der Waals surface area contributed by atoms with Gasteiger partial charge in [0.2, 0.25) is 5.91 Å². The van der Waals surface area contributed by atoms with Gasteiger partial charge in [0.15, 0.2) is 5.78 Å². The van der Waals surface area contributed by atoms with Crippen molar-refractivity contribution in [3.63, 3.8) is 0 Å². The fourth-order valence-electron chi connectivity index (χ4n) is 4.61. The second-order valence-corrected chi connectivity index (χ2v) is 9.44. The van der Waals surface area contributed by atoms with Gasteiger partial charge in [-0.3, -0.25) is 34.7 Å². The van der Waals surface area contributed by atoms with Gasteiger partial charge in [-0.25, -0.2) is 0 Å². The Kier molecular flexibility index (Phi) is 5.53. The number of hydrogen-bond acceptors (Lipinski definition) is 6. The topological polar surface area (TPSA) is 124 Å². The number of allylic oxidation sites excluding steroid dienone is 2. The maximum atomic E-state index is 13.4. The summed E-state index contributed by atoms with van der Waals surface area (Å²) in [5, 5.41) is 22.4. The van der Waals surface area contributed by atoms with E-state index in [4.69, 9.17) is 11.6 Å². The molecule has 0 aromatic heterocycles. The van der Waals surface area contributed by atoms with Crippen molar-refractivity contribution in [1.29, 1.82) is 0 Å². The van der Waals surface area contributed by atoms with Gasteiger partial charge >= 0.3 is 0 Å². The molecule has 0 bridgehead atoms. The largest absolute Gasteiger partial charge is 0.294 e. The van der Waals surface area contributed by atoms with Gasteiger partial charge in [-0.2, -0.15) is 0 Å². The number of carbonyl (C=O) groups excluding carboxylic acids is 2. The molecule has 0 N–H and O–H groups in total. The minimum Gasteiger partial charge on any atom is -0.294 e. The third kappa shape index (κ3) is 4.11. The highest BCUT2D eigenvalue weighted by molar-refractivity contribution is 6.32. The molecule has 1 aliphatic heterocycles. The highest BCUT2D eigenvalue weighted by atomic mass is 35.5. The van der Waals surface area contributed by atoms with Gasteiger partial charge in [-0.05, 0) is 29.5 Å². The van der Waals surface area contributed by atoms with E-state index in [0.29, 0.717) is 23.3 Å². The molecule has 1 heterocycles. The highest BCUT2D eigenvalue weighted by Crippen LogP contribution is 2.48. The predicted molar refractivity (Wildman–Crippen MR) is 121 cm³/mol. The molecule has 33 heavy (non-hydrogen) atoms. The first-order valence-electron chi connectivity index (χ1n) is 10.3. The molecular weight excluding hydrogens is 450 g/mol. The smallest absolute Gasteiger partial charge is 0.289 e. The Morgan fingerprint density at radius 2 is 1.67 bits per heavy atom. The molecule has 2 aromatic rings. The van der Waals surface area contributed by atoms with Crippen molar-refractivity contribution in [2.45, 2.75) is 39.0 Å². The molecule has 10 heteroatoms. The van der Waals surface area contributed by atoms with E-state index in [1.165, 1.54) is 35.2 Å². The van der Waals surface area contributed by atoms with Crippen LogP contribution in [0, 0.1) is 25.6 Å². The van der Waals surface area contributed by atoms with Crippen LogP contribution in [0.15, 0.2) is 53.7 Å². The molecule has 0 saturated heterocycles. The molecule has 2 aromatic carbocycles. The van der Waals surface area contributed by atoms with E-state index in [2.05, 4.69) is 0 Å². The van der Waals surface area contributed by atoms with E-state index in [1.807, 2.05) is 13.8 Å². The first-order chi connectivity index (χ1) is 15.5. The van der Waals surface area contributed by atoms with Crippen LogP contribution in [0.4, 0.5) is 17.1 Å². The summed E-state index contributed by atoms with van der Waals surface area (Å²) in [7, 11) is 0. The summed E-state index contributed by atoms with van der Waals surface area (Å²) >= 11 is 5.95. The van der Waals surface area contributed by atoms with Gasteiger partial charge in [-0.1, -0.05) is 37.6 Å². The van der Waals surface area contributed by atoms with Crippen molar-refractivity contribution in [3.05, 3.63) is 84.5 Å². The van der Waals surface area contributed by atoms with Gasteiger partial charge in [-0.15, -0.1) is 0 Å². The molecule has 0 spiro atoms. The summed E-state index contributed by atoms with van der Waals surface area (Å²) in [6.45, 7) is 3.86. The van der Waals surface area contributed by atoms with Crippen LogP contribution in [-0.4, -0.2) is 21.5 Å². The maximum Gasteiger partial charge on any atom is 0.289 e. The normalized spacial score (nSPS) is 20.0. The average Bonchev–Trinajstić information content (AvgIpc) is 2.72. The van der Waals surface area contributed by atoms with Crippen LogP contribution in [0.1, 0.15) is 44.6 Å². The number of nitrogens with zero attached hydrogens (tertiary/aromatic N) is 3. The lowest BCUT2D eigenvalue weighted by molar-refractivity contribution is -0.385. The number of hydrogen-bond donors (Lipinski definition) is 0. The molecule has 2 aliphatic rings. The number of carbonyl (C=O) groups is 2. The first kappa shape index (κ1) is 22.6. The molecule has 1 amide bonds. The number of non-ortho nitro benzene ring substituents is 1. The summed E-state index contributed by atoms with van der Waals surface area (Å²) in [5.41, 5.74) is 1.06. The second kappa shape index (κ2) is 8.08. The zero-order valence-corrected chi connectivity index (χ0v) is 18.7. The Labute approximate surface area is 193 Å². The number of amides is 1. The fourth-order valence-corrected chi connectivity index (χ4v) is 4.79. The minimum absolute atomic E-state index is 0.0424. The third-order valence-corrected chi connectivity index (χ3v) is 6.35. The number of halogens is 1. The van der Waals surface area contributed by atoms with Crippen molar-refractivity contribution in [3.8, 4) is 0 Å².